The lowest BCUT2D eigenvalue weighted by Gasteiger charge is -2.03. The number of rotatable bonds is 6. The number of thioether (sulfide) groups is 1. The second-order valence-electron chi connectivity index (χ2n) is 5.48. The van der Waals surface area contributed by atoms with E-state index in [1.54, 1.807) is 0 Å². The first-order chi connectivity index (χ1) is 12.9. The summed E-state index contributed by atoms with van der Waals surface area (Å²) in [5.74, 6) is -3.08. The summed E-state index contributed by atoms with van der Waals surface area (Å²) in [5, 5.41) is 2.97. The van der Waals surface area contributed by atoms with Gasteiger partial charge in [0, 0.05) is 22.9 Å². The van der Waals surface area contributed by atoms with Gasteiger partial charge in [0.25, 0.3) is 11.7 Å². The number of benzene rings is 2. The molecule has 3 aromatic rings. The molecule has 0 spiro atoms. The van der Waals surface area contributed by atoms with Gasteiger partial charge in [0.05, 0.1) is 10.6 Å². The van der Waals surface area contributed by atoms with E-state index in [0.29, 0.717) is 37.9 Å². The van der Waals surface area contributed by atoms with Crippen LogP contribution in [0.15, 0.2) is 59.5 Å². The predicted octanol–water partition coefficient (Wildman–Crippen LogP) is 5.58. The summed E-state index contributed by atoms with van der Waals surface area (Å²) in [6, 6.07) is 15.1. The first kappa shape index (κ1) is 19.2. The quantitative estimate of drug-likeness (QED) is 0.430. The number of nitrogens with one attached hydrogen (secondary N) is 1. The van der Waals surface area contributed by atoms with Gasteiger partial charge >= 0.3 is 0 Å². The maximum Gasteiger partial charge on any atom is 0.288 e. The summed E-state index contributed by atoms with van der Waals surface area (Å²) in [6.45, 7) is 1.45. The van der Waals surface area contributed by atoms with Gasteiger partial charge in [-0.05, 0) is 24.3 Å². The van der Waals surface area contributed by atoms with Crippen molar-refractivity contribution in [3.8, 4) is 11.3 Å². The summed E-state index contributed by atoms with van der Waals surface area (Å²) in [4.78, 5) is 29.5. The van der Waals surface area contributed by atoms with E-state index >= 15 is 0 Å². The van der Waals surface area contributed by atoms with Crippen LogP contribution in [0.3, 0.4) is 0 Å². The van der Waals surface area contributed by atoms with Gasteiger partial charge < -0.3 is 0 Å². The Balaban J connectivity index is 1.81. The van der Waals surface area contributed by atoms with E-state index in [1.807, 2.05) is 30.3 Å². The molecule has 0 aliphatic rings. The minimum atomic E-state index is -2.51. The number of anilines is 1. The Morgan fingerprint density at radius 3 is 2.33 bits per heavy atom. The molecule has 1 aromatic heterocycles. The van der Waals surface area contributed by atoms with E-state index in [4.69, 9.17) is 0 Å². The lowest BCUT2D eigenvalue weighted by atomic mass is 10.1. The molecule has 27 heavy (non-hydrogen) atoms. The zero-order valence-corrected chi connectivity index (χ0v) is 15.7. The second kappa shape index (κ2) is 8.41. The highest BCUT2D eigenvalue weighted by Crippen LogP contribution is 2.32. The molecule has 0 radical (unpaired) electrons. The Morgan fingerprint density at radius 2 is 1.74 bits per heavy atom. The molecular formula is C19H14F2N2O2S2. The monoisotopic (exact) mass is 404 g/mol. The highest BCUT2D eigenvalue weighted by Gasteiger charge is 2.18. The molecule has 1 N–H and O–H groups in total. The van der Waals surface area contributed by atoms with Crippen molar-refractivity contribution in [1.82, 2.24) is 4.98 Å². The van der Waals surface area contributed by atoms with Crippen molar-refractivity contribution >= 4 is 39.9 Å². The van der Waals surface area contributed by atoms with Gasteiger partial charge in [-0.2, -0.15) is 8.78 Å². The number of Topliss-reactive ketones (excluding diaryl/α,β-unsaturated/α-hetero) is 1. The van der Waals surface area contributed by atoms with Crippen molar-refractivity contribution in [2.45, 2.75) is 17.6 Å². The number of carbonyl (C=O) groups is 2. The van der Waals surface area contributed by atoms with Crippen LogP contribution in [0.1, 0.15) is 27.0 Å². The molecular weight excluding hydrogens is 390 g/mol. The van der Waals surface area contributed by atoms with Gasteiger partial charge in [-0.25, -0.2) is 4.98 Å². The summed E-state index contributed by atoms with van der Waals surface area (Å²) >= 11 is 1.52. The third-order valence-electron chi connectivity index (χ3n) is 3.56. The number of hydrogen-bond donors (Lipinski definition) is 1. The fraction of sp³-hybridized carbons (Fsp3) is 0.105. The fourth-order valence-corrected chi connectivity index (χ4v) is 3.74. The maximum absolute atomic E-state index is 12.4. The van der Waals surface area contributed by atoms with Crippen molar-refractivity contribution in [1.29, 1.82) is 0 Å². The zero-order valence-electron chi connectivity index (χ0n) is 14.1. The number of amides is 1. The molecule has 0 fully saturated rings. The number of thiazole rings is 1. The van der Waals surface area contributed by atoms with Crippen LogP contribution in [0.25, 0.3) is 11.3 Å². The molecule has 138 valence electrons. The smallest absolute Gasteiger partial charge is 0.288 e. The highest BCUT2D eigenvalue weighted by molar-refractivity contribution is 7.99. The molecule has 2 aromatic carbocycles. The van der Waals surface area contributed by atoms with Gasteiger partial charge in [-0.3, -0.25) is 14.9 Å². The average Bonchev–Trinajstić information content (AvgIpc) is 3.06. The molecule has 0 saturated carbocycles. The molecule has 0 saturated heterocycles. The van der Waals surface area contributed by atoms with E-state index in [9.17, 15) is 18.4 Å². The van der Waals surface area contributed by atoms with Gasteiger partial charge in [-0.15, -0.1) is 0 Å². The predicted molar refractivity (Wildman–Crippen MR) is 104 cm³/mol. The molecule has 0 unspecified atom stereocenters. The van der Waals surface area contributed by atoms with Crippen LogP contribution in [-0.2, 0) is 0 Å². The lowest BCUT2D eigenvalue weighted by Crippen LogP contribution is -2.11. The van der Waals surface area contributed by atoms with E-state index in [-0.39, 0.29) is 5.78 Å². The fourth-order valence-electron chi connectivity index (χ4n) is 2.36. The van der Waals surface area contributed by atoms with E-state index in [2.05, 4.69) is 10.3 Å². The average molecular weight is 404 g/mol. The topological polar surface area (TPSA) is 59.1 Å². The summed E-state index contributed by atoms with van der Waals surface area (Å²) < 4.78 is 24.7. The number of nitrogens with zero attached hydrogens (tertiary/aromatic N) is 1. The lowest BCUT2D eigenvalue weighted by molar-refractivity contribution is 0.101. The normalized spacial score (nSPS) is 10.8. The Kier molecular flexibility index (Phi) is 5.98. The Bertz CT molecular complexity index is 958. The van der Waals surface area contributed by atoms with Crippen molar-refractivity contribution in [3.05, 3.63) is 65.0 Å². The van der Waals surface area contributed by atoms with Crippen molar-refractivity contribution in [3.63, 3.8) is 0 Å². The molecule has 1 heterocycles. The molecule has 0 bridgehead atoms. The maximum atomic E-state index is 12.4. The molecule has 4 nitrogen and oxygen atoms in total. The van der Waals surface area contributed by atoms with Crippen molar-refractivity contribution in [2.75, 3.05) is 5.32 Å². The summed E-state index contributed by atoms with van der Waals surface area (Å²) in [7, 11) is 0. The van der Waals surface area contributed by atoms with Crippen molar-refractivity contribution in [2.24, 2.45) is 0 Å². The third kappa shape index (κ3) is 4.78. The molecule has 0 aliphatic heterocycles. The molecule has 3 rings (SSSR count). The van der Waals surface area contributed by atoms with Crippen LogP contribution in [0.2, 0.25) is 0 Å². The van der Waals surface area contributed by atoms with Crippen LogP contribution in [0.4, 0.5) is 13.9 Å². The molecule has 8 heteroatoms. The molecule has 1 amide bonds. The zero-order chi connectivity index (χ0) is 19.4. The number of hydrogen-bond acceptors (Lipinski definition) is 5. The highest BCUT2D eigenvalue weighted by atomic mass is 32.2. The first-order valence-corrected chi connectivity index (χ1v) is 9.57. The Labute approximate surface area is 162 Å². The van der Waals surface area contributed by atoms with Crippen LogP contribution in [-0.4, -0.2) is 22.4 Å². The standard InChI is InChI=1S/C19H14F2N2O2S2/c1-11(24)16-15(12-5-3-2-4-6-12)22-19(27-16)23-17(25)13-7-9-14(10-8-13)26-18(20)21/h2-10,18H,1H3,(H,22,23,25). The summed E-state index contributed by atoms with van der Waals surface area (Å²) in [6.07, 6.45) is 0. The number of aromatic nitrogens is 1. The summed E-state index contributed by atoms with van der Waals surface area (Å²) in [5.41, 5.74) is 1.62. The number of ketones is 1. The third-order valence-corrected chi connectivity index (χ3v) is 5.35. The van der Waals surface area contributed by atoms with Crippen molar-refractivity contribution < 1.29 is 18.4 Å². The van der Waals surface area contributed by atoms with Crippen LogP contribution in [0.5, 0.6) is 0 Å². The molecule has 0 atom stereocenters. The van der Waals surface area contributed by atoms with Crippen LogP contribution in [0, 0.1) is 0 Å². The largest absolute Gasteiger partial charge is 0.298 e. The van der Waals surface area contributed by atoms with E-state index < -0.39 is 11.7 Å². The van der Waals surface area contributed by atoms with Gasteiger partial charge in [0.1, 0.15) is 0 Å². The SMILES string of the molecule is CC(=O)c1sc(NC(=O)c2ccc(SC(F)F)cc2)nc1-c1ccccc1. The van der Waals surface area contributed by atoms with Crippen LogP contribution >= 0.6 is 23.1 Å². The number of halogens is 2. The Hall–Kier alpha value is -2.58. The minimum absolute atomic E-state index is 0.139. The second-order valence-corrected chi connectivity index (χ2v) is 7.54. The first-order valence-electron chi connectivity index (χ1n) is 7.87. The Morgan fingerprint density at radius 1 is 1.07 bits per heavy atom. The number of carbonyl (C=O) groups excluding carboxylic acids is 2. The van der Waals surface area contributed by atoms with Crippen LogP contribution < -0.4 is 5.32 Å². The van der Waals surface area contributed by atoms with E-state index in [0.717, 1.165) is 16.9 Å². The molecule has 0 aliphatic carbocycles. The van der Waals surface area contributed by atoms with Gasteiger partial charge in [-0.1, -0.05) is 53.4 Å². The van der Waals surface area contributed by atoms with Gasteiger partial charge in [0.2, 0.25) is 0 Å². The minimum Gasteiger partial charge on any atom is -0.298 e. The number of alkyl halides is 2. The van der Waals surface area contributed by atoms with E-state index in [1.165, 1.54) is 31.2 Å². The van der Waals surface area contributed by atoms with Gasteiger partial charge in [0.15, 0.2) is 10.9 Å².